The van der Waals surface area contributed by atoms with E-state index in [0.717, 1.165) is 12.5 Å². The van der Waals surface area contributed by atoms with E-state index in [0.29, 0.717) is 16.2 Å². The van der Waals surface area contributed by atoms with E-state index < -0.39 is 0 Å². The maximum Gasteiger partial charge on any atom is -0.000988 e. The Kier molecular flexibility index (Phi) is 3.27. The highest BCUT2D eigenvalue weighted by molar-refractivity contribution is 5.12. The first-order chi connectivity index (χ1) is 6.59. The molecule has 0 saturated heterocycles. The average Bonchev–Trinajstić information content (AvgIpc) is 2.36. The van der Waals surface area contributed by atoms with Gasteiger partial charge in [0.25, 0.3) is 0 Å². The van der Waals surface area contributed by atoms with E-state index in [4.69, 9.17) is 0 Å². The van der Waals surface area contributed by atoms with Gasteiger partial charge in [0.05, 0.1) is 0 Å². The first-order valence-electron chi connectivity index (χ1n) is 6.30. The van der Waals surface area contributed by atoms with Gasteiger partial charge < -0.3 is 5.32 Å². The highest BCUT2D eigenvalue weighted by Gasteiger charge is 2.63. The van der Waals surface area contributed by atoms with Crippen molar-refractivity contribution in [2.45, 2.75) is 54.9 Å². The highest BCUT2D eigenvalue weighted by atomic mass is 14.9. The van der Waals surface area contributed by atoms with Crippen molar-refractivity contribution in [3.63, 3.8) is 0 Å². The molecule has 1 heteroatoms. The van der Waals surface area contributed by atoms with Crippen LogP contribution in [0, 0.1) is 22.2 Å². The molecule has 1 rings (SSSR count). The lowest BCUT2D eigenvalue weighted by molar-refractivity contribution is 0.362. The molecule has 1 N–H and O–H groups in total. The summed E-state index contributed by atoms with van der Waals surface area (Å²) in [6, 6.07) is 0. The smallest absolute Gasteiger partial charge is 0.000988 e. The molecule has 0 heterocycles. The van der Waals surface area contributed by atoms with Gasteiger partial charge in [-0.15, -0.1) is 0 Å². The van der Waals surface area contributed by atoms with Gasteiger partial charge in [-0.3, -0.25) is 0 Å². The van der Waals surface area contributed by atoms with Crippen LogP contribution in [-0.4, -0.2) is 13.1 Å². The zero-order valence-electron chi connectivity index (χ0n) is 11.7. The summed E-state index contributed by atoms with van der Waals surface area (Å²) in [6.45, 7) is 18.8. The third kappa shape index (κ3) is 2.75. The van der Waals surface area contributed by atoms with Crippen molar-refractivity contribution in [2.75, 3.05) is 13.1 Å². The number of hydrogen-bond acceptors (Lipinski definition) is 1. The van der Waals surface area contributed by atoms with Gasteiger partial charge in [0.15, 0.2) is 0 Å². The fraction of sp³-hybridized carbons (Fsp3) is 1.00. The Labute approximate surface area is 96.0 Å². The summed E-state index contributed by atoms with van der Waals surface area (Å²) in [6.07, 6.45) is 1.26. The topological polar surface area (TPSA) is 12.0 Å². The van der Waals surface area contributed by atoms with Crippen LogP contribution in [0.3, 0.4) is 0 Å². The van der Waals surface area contributed by atoms with E-state index in [1.165, 1.54) is 13.0 Å². The second-order valence-corrected chi connectivity index (χ2v) is 7.51. The third-order valence-electron chi connectivity index (χ3n) is 4.72. The minimum Gasteiger partial charge on any atom is -0.316 e. The predicted molar refractivity (Wildman–Crippen MR) is 68.0 cm³/mol. The number of nitrogens with one attached hydrogen (secondary N) is 1. The van der Waals surface area contributed by atoms with Crippen LogP contribution in [0.5, 0.6) is 0 Å². The summed E-state index contributed by atoms with van der Waals surface area (Å²) in [5.74, 6) is 0.852. The molecule has 0 bridgehead atoms. The molecule has 15 heavy (non-hydrogen) atoms. The maximum absolute atomic E-state index is 3.62. The summed E-state index contributed by atoms with van der Waals surface area (Å²) in [5.41, 5.74) is 1.52. The van der Waals surface area contributed by atoms with Crippen molar-refractivity contribution in [3.05, 3.63) is 0 Å². The Morgan fingerprint density at radius 1 is 1.00 bits per heavy atom. The molecule has 0 unspecified atom stereocenters. The van der Waals surface area contributed by atoms with E-state index in [1.807, 2.05) is 0 Å². The van der Waals surface area contributed by atoms with E-state index >= 15 is 0 Å². The zero-order valence-corrected chi connectivity index (χ0v) is 11.7. The van der Waals surface area contributed by atoms with Crippen LogP contribution in [-0.2, 0) is 0 Å². The predicted octanol–water partition coefficient (Wildman–Crippen LogP) is 3.69. The van der Waals surface area contributed by atoms with Gasteiger partial charge in [0.1, 0.15) is 0 Å². The average molecular weight is 211 g/mol. The molecule has 0 aromatic rings. The van der Waals surface area contributed by atoms with Crippen LogP contribution in [0.1, 0.15) is 54.9 Å². The van der Waals surface area contributed by atoms with Gasteiger partial charge >= 0.3 is 0 Å². The zero-order chi connectivity index (χ0) is 11.9. The summed E-state index contributed by atoms with van der Waals surface area (Å²) >= 11 is 0. The van der Waals surface area contributed by atoms with Gasteiger partial charge in [0, 0.05) is 0 Å². The minimum atomic E-state index is 0.460. The largest absolute Gasteiger partial charge is 0.316 e. The Morgan fingerprint density at radius 2 is 1.47 bits per heavy atom. The molecular weight excluding hydrogens is 182 g/mol. The Morgan fingerprint density at radius 3 is 1.80 bits per heavy atom. The second kappa shape index (κ2) is 3.76. The molecular formula is C14H29N. The van der Waals surface area contributed by atoms with Crippen molar-refractivity contribution in [2.24, 2.45) is 22.2 Å². The van der Waals surface area contributed by atoms with Crippen LogP contribution < -0.4 is 5.32 Å². The van der Waals surface area contributed by atoms with Gasteiger partial charge in [-0.1, -0.05) is 48.5 Å². The maximum atomic E-state index is 3.62. The lowest BCUT2D eigenvalue weighted by Crippen LogP contribution is -2.24. The molecule has 1 aliphatic rings. The standard InChI is InChI=1S/C14H29N/c1-12(2,3)8-9-15-10-11-13(4,5)14(11,6)7/h11,15H,8-10H2,1-7H3. The Hall–Kier alpha value is -0.0400. The van der Waals surface area contributed by atoms with Crippen LogP contribution in [0.15, 0.2) is 0 Å². The third-order valence-corrected chi connectivity index (χ3v) is 4.72. The molecule has 0 atom stereocenters. The summed E-state index contributed by atoms with van der Waals surface area (Å²) in [7, 11) is 0. The number of rotatable bonds is 4. The molecule has 0 radical (unpaired) electrons. The van der Waals surface area contributed by atoms with Crippen molar-refractivity contribution in [1.29, 1.82) is 0 Å². The van der Waals surface area contributed by atoms with Crippen molar-refractivity contribution >= 4 is 0 Å². The summed E-state index contributed by atoms with van der Waals surface area (Å²) < 4.78 is 0. The molecule has 1 saturated carbocycles. The summed E-state index contributed by atoms with van der Waals surface area (Å²) in [5, 5.41) is 3.62. The second-order valence-electron chi connectivity index (χ2n) is 7.51. The quantitative estimate of drug-likeness (QED) is 0.699. The van der Waals surface area contributed by atoms with E-state index in [-0.39, 0.29) is 0 Å². The van der Waals surface area contributed by atoms with E-state index in [1.54, 1.807) is 0 Å². The molecule has 0 spiro atoms. The SMILES string of the molecule is CC(C)(C)CCNCC1C(C)(C)C1(C)C. The molecule has 0 aliphatic heterocycles. The molecule has 1 fully saturated rings. The fourth-order valence-corrected chi connectivity index (χ4v) is 2.55. The van der Waals surface area contributed by atoms with E-state index in [9.17, 15) is 0 Å². The summed E-state index contributed by atoms with van der Waals surface area (Å²) in [4.78, 5) is 0. The lowest BCUT2D eigenvalue weighted by atomic mass is 9.92. The molecule has 0 amide bonds. The Bertz CT molecular complexity index is 206. The van der Waals surface area contributed by atoms with Gasteiger partial charge in [-0.25, -0.2) is 0 Å². The van der Waals surface area contributed by atoms with E-state index in [2.05, 4.69) is 53.8 Å². The first-order valence-corrected chi connectivity index (χ1v) is 6.30. The van der Waals surface area contributed by atoms with Crippen LogP contribution >= 0.6 is 0 Å². The first kappa shape index (κ1) is 13.0. The monoisotopic (exact) mass is 211 g/mol. The molecule has 90 valence electrons. The van der Waals surface area contributed by atoms with Crippen molar-refractivity contribution < 1.29 is 0 Å². The molecule has 0 aromatic carbocycles. The number of hydrogen-bond donors (Lipinski definition) is 1. The normalized spacial score (nSPS) is 24.2. The minimum absolute atomic E-state index is 0.460. The molecule has 1 nitrogen and oxygen atoms in total. The van der Waals surface area contributed by atoms with Crippen molar-refractivity contribution in [1.82, 2.24) is 5.32 Å². The van der Waals surface area contributed by atoms with Gasteiger partial charge in [-0.05, 0) is 41.7 Å². The fourth-order valence-electron chi connectivity index (χ4n) is 2.55. The van der Waals surface area contributed by atoms with Crippen LogP contribution in [0.25, 0.3) is 0 Å². The molecule has 1 aliphatic carbocycles. The molecule has 0 aromatic heterocycles. The lowest BCUT2D eigenvalue weighted by Gasteiger charge is -2.18. The van der Waals surface area contributed by atoms with Crippen LogP contribution in [0.4, 0.5) is 0 Å². The highest BCUT2D eigenvalue weighted by Crippen LogP contribution is 2.67. The van der Waals surface area contributed by atoms with Crippen molar-refractivity contribution in [3.8, 4) is 0 Å². The van der Waals surface area contributed by atoms with Gasteiger partial charge in [0.2, 0.25) is 0 Å². The van der Waals surface area contributed by atoms with Crippen LogP contribution in [0.2, 0.25) is 0 Å². The van der Waals surface area contributed by atoms with Gasteiger partial charge in [-0.2, -0.15) is 0 Å². The Balaban J connectivity index is 2.19.